The first-order chi connectivity index (χ1) is 8.60. The third-order valence-corrected chi connectivity index (χ3v) is 3.17. The van der Waals surface area contributed by atoms with Gasteiger partial charge in [-0.1, -0.05) is 0 Å². The Hall–Kier alpha value is -1.20. The molecule has 1 aliphatic rings. The molecule has 100 valence electrons. The van der Waals surface area contributed by atoms with E-state index in [4.69, 9.17) is 9.47 Å². The van der Waals surface area contributed by atoms with E-state index >= 15 is 0 Å². The van der Waals surface area contributed by atoms with Crippen molar-refractivity contribution in [2.24, 2.45) is 0 Å². The molecule has 0 bridgehead atoms. The minimum absolute atomic E-state index is 0.0870. The number of hydrogen-bond acceptors (Lipinski definition) is 5. The molecule has 2 unspecified atom stereocenters. The summed E-state index contributed by atoms with van der Waals surface area (Å²) in [4.78, 5) is 11.1. The number of ether oxygens (including phenoxy) is 2. The van der Waals surface area contributed by atoms with Gasteiger partial charge in [-0.3, -0.25) is 0 Å². The summed E-state index contributed by atoms with van der Waals surface area (Å²) in [6.45, 7) is 8.30. The van der Waals surface area contributed by atoms with Crippen LogP contribution in [0, 0.1) is 13.8 Å². The highest BCUT2D eigenvalue weighted by molar-refractivity contribution is 5.33. The van der Waals surface area contributed by atoms with E-state index < -0.39 is 0 Å². The van der Waals surface area contributed by atoms with Crippen molar-refractivity contribution in [1.82, 2.24) is 9.97 Å². The van der Waals surface area contributed by atoms with Crippen LogP contribution in [0.1, 0.15) is 18.2 Å². The maximum Gasteiger partial charge on any atom is 0.225 e. The molecule has 0 aromatic carbocycles. The number of aromatic nitrogens is 2. The van der Waals surface area contributed by atoms with Gasteiger partial charge in [0.2, 0.25) is 5.95 Å². The minimum atomic E-state index is 0.0870. The molecule has 5 heteroatoms. The lowest BCUT2D eigenvalue weighted by molar-refractivity contribution is -0.0514. The van der Waals surface area contributed by atoms with Crippen molar-refractivity contribution in [2.45, 2.75) is 33.0 Å². The van der Waals surface area contributed by atoms with Crippen molar-refractivity contribution in [3.63, 3.8) is 0 Å². The summed E-state index contributed by atoms with van der Waals surface area (Å²) in [5.41, 5.74) is 2.15. The molecule has 1 saturated heterocycles. The fraction of sp³-hybridized carbons (Fsp3) is 0.692. The Balaban J connectivity index is 2.13. The molecule has 0 radical (unpaired) electrons. The maximum absolute atomic E-state index is 5.81. The molecule has 2 atom stereocenters. The van der Waals surface area contributed by atoms with Crippen LogP contribution in [0.25, 0.3) is 0 Å². The molecule has 1 aliphatic heterocycles. The van der Waals surface area contributed by atoms with Gasteiger partial charge in [-0.2, -0.15) is 0 Å². The van der Waals surface area contributed by atoms with Gasteiger partial charge in [0.05, 0.1) is 18.8 Å². The van der Waals surface area contributed by atoms with Gasteiger partial charge in [0.1, 0.15) is 0 Å². The van der Waals surface area contributed by atoms with E-state index in [1.165, 1.54) is 0 Å². The zero-order chi connectivity index (χ0) is 13.1. The second-order valence-electron chi connectivity index (χ2n) is 4.87. The molecule has 0 amide bonds. The molecule has 0 N–H and O–H groups in total. The molecular weight excluding hydrogens is 230 g/mol. The predicted molar refractivity (Wildman–Crippen MR) is 69.9 cm³/mol. The van der Waals surface area contributed by atoms with Crippen LogP contribution in [-0.2, 0) is 9.47 Å². The van der Waals surface area contributed by atoms with Crippen LogP contribution >= 0.6 is 0 Å². The summed E-state index contributed by atoms with van der Waals surface area (Å²) < 4.78 is 11.0. The summed E-state index contributed by atoms with van der Waals surface area (Å²) in [7, 11) is 1.69. The van der Waals surface area contributed by atoms with E-state index in [2.05, 4.69) is 21.8 Å². The second kappa shape index (κ2) is 5.63. The third-order valence-electron chi connectivity index (χ3n) is 3.17. The molecule has 1 fully saturated rings. The highest BCUT2D eigenvalue weighted by atomic mass is 16.5. The number of nitrogens with zero attached hydrogens (tertiary/aromatic N) is 3. The van der Waals surface area contributed by atoms with Crippen LogP contribution in [-0.4, -0.2) is 49.0 Å². The molecule has 1 aromatic rings. The van der Waals surface area contributed by atoms with Gasteiger partial charge < -0.3 is 14.4 Å². The molecule has 0 aliphatic carbocycles. The summed E-state index contributed by atoms with van der Waals surface area (Å²) in [5.74, 6) is 0.786. The Morgan fingerprint density at radius 2 is 2.22 bits per heavy atom. The lowest BCUT2D eigenvalue weighted by Crippen LogP contribution is -2.49. The number of methoxy groups -OCH3 is 1. The van der Waals surface area contributed by atoms with Crippen molar-refractivity contribution < 1.29 is 9.47 Å². The number of aryl methyl sites for hydroxylation is 2. The smallest absolute Gasteiger partial charge is 0.225 e. The molecule has 0 saturated carbocycles. The van der Waals surface area contributed by atoms with Gasteiger partial charge >= 0.3 is 0 Å². The van der Waals surface area contributed by atoms with Crippen LogP contribution in [0.5, 0.6) is 0 Å². The molecule has 2 heterocycles. The van der Waals surface area contributed by atoms with E-state index in [-0.39, 0.29) is 12.2 Å². The second-order valence-corrected chi connectivity index (χ2v) is 4.87. The zero-order valence-electron chi connectivity index (χ0n) is 11.5. The average molecular weight is 251 g/mol. The van der Waals surface area contributed by atoms with Crippen LogP contribution in [0.2, 0.25) is 0 Å². The Labute approximate surface area is 108 Å². The molecular formula is C13H21N3O2. The van der Waals surface area contributed by atoms with Crippen molar-refractivity contribution >= 4 is 5.95 Å². The van der Waals surface area contributed by atoms with Crippen LogP contribution < -0.4 is 4.90 Å². The average Bonchev–Trinajstić information content (AvgIpc) is 2.32. The monoisotopic (exact) mass is 251 g/mol. The Kier molecular flexibility index (Phi) is 4.14. The molecule has 0 spiro atoms. The van der Waals surface area contributed by atoms with Crippen molar-refractivity contribution in [3.05, 3.63) is 17.5 Å². The zero-order valence-corrected chi connectivity index (χ0v) is 11.5. The first-order valence-electron chi connectivity index (χ1n) is 6.29. The van der Waals surface area contributed by atoms with Crippen LogP contribution in [0.4, 0.5) is 5.95 Å². The van der Waals surface area contributed by atoms with E-state index in [1.54, 1.807) is 7.11 Å². The van der Waals surface area contributed by atoms with E-state index in [0.717, 1.165) is 30.3 Å². The van der Waals surface area contributed by atoms with Gasteiger partial charge in [0, 0.05) is 32.1 Å². The predicted octanol–water partition coefficient (Wildman–Crippen LogP) is 1.33. The Morgan fingerprint density at radius 3 is 2.89 bits per heavy atom. The van der Waals surface area contributed by atoms with Crippen LogP contribution in [0.3, 0.4) is 0 Å². The minimum Gasteiger partial charge on any atom is -0.382 e. The SMILES string of the molecule is COCC1CN(c2ncc(C)c(C)n2)CC(C)O1. The summed E-state index contributed by atoms with van der Waals surface area (Å²) >= 11 is 0. The number of hydrogen-bond donors (Lipinski definition) is 0. The lowest BCUT2D eigenvalue weighted by atomic mass is 10.2. The Morgan fingerprint density at radius 1 is 1.44 bits per heavy atom. The van der Waals surface area contributed by atoms with Gasteiger partial charge in [-0.05, 0) is 26.3 Å². The van der Waals surface area contributed by atoms with Crippen molar-refractivity contribution in [3.8, 4) is 0 Å². The number of anilines is 1. The number of morpholine rings is 1. The topological polar surface area (TPSA) is 47.5 Å². The first-order valence-corrected chi connectivity index (χ1v) is 6.29. The van der Waals surface area contributed by atoms with Crippen molar-refractivity contribution in [2.75, 3.05) is 31.7 Å². The Bertz CT molecular complexity index is 411. The quantitative estimate of drug-likeness (QED) is 0.811. The summed E-state index contributed by atoms with van der Waals surface area (Å²) in [6, 6.07) is 0. The van der Waals surface area contributed by atoms with E-state index in [0.29, 0.717) is 6.61 Å². The van der Waals surface area contributed by atoms with Crippen LogP contribution in [0.15, 0.2) is 6.20 Å². The molecule has 5 nitrogen and oxygen atoms in total. The van der Waals surface area contributed by atoms with E-state index in [1.807, 2.05) is 20.0 Å². The van der Waals surface area contributed by atoms with Gasteiger partial charge in [-0.25, -0.2) is 9.97 Å². The fourth-order valence-electron chi connectivity index (χ4n) is 2.15. The highest BCUT2D eigenvalue weighted by Crippen LogP contribution is 2.17. The molecule has 18 heavy (non-hydrogen) atoms. The summed E-state index contributed by atoms with van der Waals surface area (Å²) in [5, 5.41) is 0. The van der Waals surface area contributed by atoms with Gasteiger partial charge in [0.25, 0.3) is 0 Å². The fourth-order valence-corrected chi connectivity index (χ4v) is 2.15. The summed E-state index contributed by atoms with van der Waals surface area (Å²) in [6.07, 6.45) is 2.14. The standard InChI is InChI=1S/C13H21N3O2/c1-9-5-14-13(15-11(9)3)16-6-10(2)18-12(7-16)8-17-4/h5,10,12H,6-8H2,1-4H3. The normalized spacial score (nSPS) is 24.3. The highest BCUT2D eigenvalue weighted by Gasteiger charge is 2.26. The molecule has 1 aromatic heterocycles. The van der Waals surface area contributed by atoms with Gasteiger partial charge in [-0.15, -0.1) is 0 Å². The van der Waals surface area contributed by atoms with E-state index in [9.17, 15) is 0 Å². The lowest BCUT2D eigenvalue weighted by Gasteiger charge is -2.36. The maximum atomic E-state index is 5.81. The first kappa shape index (κ1) is 13.2. The van der Waals surface area contributed by atoms with Gasteiger partial charge in [0.15, 0.2) is 0 Å². The largest absolute Gasteiger partial charge is 0.382 e. The molecule has 2 rings (SSSR count). The van der Waals surface area contributed by atoms with Crippen molar-refractivity contribution in [1.29, 1.82) is 0 Å². The third kappa shape index (κ3) is 2.97. The number of rotatable bonds is 3.